The Morgan fingerprint density at radius 2 is 2.20 bits per heavy atom. The van der Waals surface area contributed by atoms with Crippen LogP contribution in [0.25, 0.3) is 0 Å². The van der Waals surface area contributed by atoms with E-state index in [1.165, 1.54) is 5.56 Å². The summed E-state index contributed by atoms with van der Waals surface area (Å²) in [5.74, 6) is 0. The zero-order valence-electron chi connectivity index (χ0n) is 8.99. The third-order valence-electron chi connectivity index (χ3n) is 2.64. The van der Waals surface area contributed by atoms with E-state index in [2.05, 4.69) is 5.32 Å². The number of carbonyl (C=O) groups excluding carboxylic acids is 1. The Bertz CT molecular complexity index is 362. The van der Waals surface area contributed by atoms with Crippen LogP contribution >= 0.6 is 0 Å². The maximum Gasteiger partial charge on any atom is 0.321 e. The lowest BCUT2D eigenvalue weighted by Crippen LogP contribution is -2.38. The Morgan fingerprint density at radius 1 is 1.33 bits per heavy atom. The van der Waals surface area contributed by atoms with Crippen LogP contribution in [0.5, 0.6) is 0 Å². The molecule has 1 aromatic carbocycles. The van der Waals surface area contributed by atoms with Crippen LogP contribution in [-0.2, 0) is 0 Å². The van der Waals surface area contributed by atoms with Crippen molar-refractivity contribution in [1.29, 1.82) is 0 Å². The van der Waals surface area contributed by atoms with Crippen molar-refractivity contribution in [2.75, 3.05) is 18.0 Å². The van der Waals surface area contributed by atoms with Crippen LogP contribution in [0.3, 0.4) is 0 Å². The molecule has 1 heterocycles. The second kappa shape index (κ2) is 4.34. The second-order valence-corrected chi connectivity index (χ2v) is 3.93. The van der Waals surface area contributed by atoms with E-state index in [1.807, 2.05) is 36.1 Å². The van der Waals surface area contributed by atoms with Crippen LogP contribution in [0.15, 0.2) is 24.3 Å². The number of nitrogens with zero attached hydrogens (tertiary/aromatic N) is 1. The molecule has 0 atom stereocenters. The van der Waals surface area contributed by atoms with Gasteiger partial charge in [0.2, 0.25) is 0 Å². The third-order valence-corrected chi connectivity index (χ3v) is 2.64. The molecule has 1 aromatic rings. The normalized spacial score (nSPS) is 17.1. The van der Waals surface area contributed by atoms with E-state index in [0.717, 1.165) is 31.6 Å². The number of rotatable bonds is 1. The summed E-state index contributed by atoms with van der Waals surface area (Å²) in [5.41, 5.74) is 2.18. The fraction of sp³-hybridized carbons (Fsp3) is 0.417. The topological polar surface area (TPSA) is 32.3 Å². The number of hydrogen-bond acceptors (Lipinski definition) is 1. The SMILES string of the molecule is Cc1cccc(N2CCCCNC2=O)c1. The van der Waals surface area contributed by atoms with Gasteiger partial charge in [0, 0.05) is 18.8 Å². The first-order valence-electron chi connectivity index (χ1n) is 5.39. The molecule has 0 radical (unpaired) electrons. The van der Waals surface area contributed by atoms with Gasteiger partial charge in [0.25, 0.3) is 0 Å². The van der Waals surface area contributed by atoms with Gasteiger partial charge in [-0.05, 0) is 37.5 Å². The molecule has 3 nitrogen and oxygen atoms in total. The molecule has 2 amide bonds. The quantitative estimate of drug-likeness (QED) is 0.748. The number of anilines is 1. The average molecular weight is 204 g/mol. The van der Waals surface area contributed by atoms with Crippen molar-refractivity contribution >= 4 is 11.7 Å². The molecule has 0 aliphatic carbocycles. The molecular weight excluding hydrogens is 188 g/mol. The minimum atomic E-state index is 0.0260. The first kappa shape index (κ1) is 10.0. The van der Waals surface area contributed by atoms with Gasteiger partial charge in [0.05, 0.1) is 0 Å². The van der Waals surface area contributed by atoms with Crippen LogP contribution in [0.2, 0.25) is 0 Å². The monoisotopic (exact) mass is 204 g/mol. The summed E-state index contributed by atoms with van der Waals surface area (Å²) in [7, 11) is 0. The average Bonchev–Trinajstić information content (AvgIpc) is 2.43. The summed E-state index contributed by atoms with van der Waals surface area (Å²) in [6.45, 7) is 3.65. The number of carbonyl (C=O) groups is 1. The number of urea groups is 1. The maximum atomic E-state index is 11.7. The minimum Gasteiger partial charge on any atom is -0.338 e. The van der Waals surface area contributed by atoms with Gasteiger partial charge in [-0.25, -0.2) is 4.79 Å². The lowest BCUT2D eigenvalue weighted by atomic mass is 10.2. The number of hydrogen-bond donors (Lipinski definition) is 1. The molecule has 1 saturated heterocycles. The number of aryl methyl sites for hydroxylation is 1. The molecule has 80 valence electrons. The highest BCUT2D eigenvalue weighted by atomic mass is 16.2. The molecule has 0 spiro atoms. The molecule has 0 aromatic heterocycles. The van der Waals surface area contributed by atoms with Crippen LogP contribution in [-0.4, -0.2) is 19.1 Å². The van der Waals surface area contributed by atoms with E-state index in [1.54, 1.807) is 0 Å². The maximum absolute atomic E-state index is 11.7. The molecule has 0 bridgehead atoms. The zero-order valence-corrected chi connectivity index (χ0v) is 8.99. The van der Waals surface area contributed by atoms with Gasteiger partial charge in [-0.2, -0.15) is 0 Å². The molecular formula is C12H16N2O. The highest BCUT2D eigenvalue weighted by molar-refractivity contribution is 5.92. The number of nitrogens with one attached hydrogen (secondary N) is 1. The molecule has 0 unspecified atom stereocenters. The van der Waals surface area contributed by atoms with Crippen molar-refractivity contribution in [2.24, 2.45) is 0 Å². The van der Waals surface area contributed by atoms with E-state index >= 15 is 0 Å². The summed E-state index contributed by atoms with van der Waals surface area (Å²) in [5, 5.41) is 2.90. The highest BCUT2D eigenvalue weighted by Gasteiger charge is 2.17. The Labute approximate surface area is 90.1 Å². The van der Waals surface area contributed by atoms with Crippen LogP contribution < -0.4 is 10.2 Å². The first-order chi connectivity index (χ1) is 7.27. The van der Waals surface area contributed by atoms with Gasteiger partial charge < -0.3 is 5.32 Å². The third kappa shape index (κ3) is 2.29. The van der Waals surface area contributed by atoms with Crippen LogP contribution in [0.1, 0.15) is 18.4 Å². The molecule has 3 heteroatoms. The number of amides is 2. The lowest BCUT2D eigenvalue weighted by molar-refractivity contribution is 0.248. The largest absolute Gasteiger partial charge is 0.338 e. The predicted molar refractivity (Wildman–Crippen MR) is 61.2 cm³/mol. The summed E-state index contributed by atoms with van der Waals surface area (Å²) < 4.78 is 0. The van der Waals surface area contributed by atoms with E-state index in [9.17, 15) is 4.79 Å². The summed E-state index contributed by atoms with van der Waals surface area (Å²) in [6.07, 6.45) is 2.13. The van der Waals surface area contributed by atoms with Gasteiger partial charge >= 0.3 is 6.03 Å². The van der Waals surface area contributed by atoms with E-state index in [4.69, 9.17) is 0 Å². The first-order valence-corrected chi connectivity index (χ1v) is 5.39. The molecule has 1 aliphatic heterocycles. The molecule has 0 saturated carbocycles. The fourth-order valence-electron chi connectivity index (χ4n) is 1.83. The smallest absolute Gasteiger partial charge is 0.321 e. The van der Waals surface area contributed by atoms with Gasteiger partial charge in [-0.1, -0.05) is 12.1 Å². The van der Waals surface area contributed by atoms with Crippen LogP contribution in [0, 0.1) is 6.92 Å². The predicted octanol–water partition coefficient (Wildman–Crippen LogP) is 2.30. The van der Waals surface area contributed by atoms with Gasteiger partial charge in [-0.3, -0.25) is 4.90 Å². The van der Waals surface area contributed by atoms with Crippen molar-refractivity contribution in [1.82, 2.24) is 5.32 Å². The van der Waals surface area contributed by atoms with Crippen molar-refractivity contribution in [3.63, 3.8) is 0 Å². The summed E-state index contributed by atoms with van der Waals surface area (Å²) in [6, 6.07) is 8.09. The second-order valence-electron chi connectivity index (χ2n) is 3.93. The Hall–Kier alpha value is -1.51. The lowest BCUT2D eigenvalue weighted by Gasteiger charge is -2.20. The van der Waals surface area contributed by atoms with Crippen molar-refractivity contribution < 1.29 is 4.79 Å². The molecule has 2 rings (SSSR count). The van der Waals surface area contributed by atoms with Crippen molar-refractivity contribution in [3.8, 4) is 0 Å². The van der Waals surface area contributed by atoms with E-state index in [-0.39, 0.29) is 6.03 Å². The van der Waals surface area contributed by atoms with Gasteiger partial charge in [-0.15, -0.1) is 0 Å². The molecule has 1 aliphatic rings. The van der Waals surface area contributed by atoms with Crippen molar-refractivity contribution in [3.05, 3.63) is 29.8 Å². The Kier molecular flexibility index (Phi) is 2.90. The van der Waals surface area contributed by atoms with Gasteiger partial charge in [0.1, 0.15) is 0 Å². The zero-order chi connectivity index (χ0) is 10.7. The van der Waals surface area contributed by atoms with Crippen LogP contribution in [0.4, 0.5) is 10.5 Å². The Morgan fingerprint density at radius 3 is 3.00 bits per heavy atom. The summed E-state index contributed by atoms with van der Waals surface area (Å²) in [4.78, 5) is 13.6. The van der Waals surface area contributed by atoms with Gasteiger partial charge in [0.15, 0.2) is 0 Å². The fourth-order valence-corrected chi connectivity index (χ4v) is 1.83. The summed E-state index contributed by atoms with van der Waals surface area (Å²) >= 11 is 0. The minimum absolute atomic E-state index is 0.0260. The van der Waals surface area contributed by atoms with E-state index in [0.29, 0.717) is 0 Å². The molecule has 1 N–H and O–H groups in total. The highest BCUT2D eigenvalue weighted by Crippen LogP contribution is 2.17. The standard InChI is InChI=1S/C12H16N2O/c1-10-5-4-6-11(9-10)14-8-3-2-7-13-12(14)15/h4-6,9H,2-3,7-8H2,1H3,(H,13,15). The number of benzene rings is 1. The van der Waals surface area contributed by atoms with Crippen molar-refractivity contribution in [2.45, 2.75) is 19.8 Å². The van der Waals surface area contributed by atoms with E-state index < -0.39 is 0 Å². The Balaban J connectivity index is 2.24. The molecule has 15 heavy (non-hydrogen) atoms. The molecule has 1 fully saturated rings.